The van der Waals surface area contributed by atoms with E-state index < -0.39 is 0 Å². The van der Waals surface area contributed by atoms with E-state index in [4.69, 9.17) is 0 Å². The topological polar surface area (TPSA) is 12.0 Å². The first-order valence-electron chi connectivity index (χ1n) is 9.01. The smallest absolute Gasteiger partial charge is 0.0325 e. The maximum atomic E-state index is 3.82. The molecule has 1 atom stereocenters. The second-order valence-corrected chi connectivity index (χ2v) is 6.96. The summed E-state index contributed by atoms with van der Waals surface area (Å²) in [4.78, 5) is 0. The Morgan fingerprint density at radius 2 is 1.81 bits per heavy atom. The highest BCUT2D eigenvalue weighted by molar-refractivity contribution is 5.33. The molecule has 0 bridgehead atoms. The van der Waals surface area contributed by atoms with Crippen molar-refractivity contribution in [3.8, 4) is 0 Å². The minimum absolute atomic E-state index is 0.549. The zero-order valence-corrected chi connectivity index (χ0v) is 14.3. The molecular weight excluding hydrogens is 254 g/mol. The van der Waals surface area contributed by atoms with Crippen LogP contribution in [-0.2, 0) is 0 Å². The zero-order chi connectivity index (χ0) is 15.1. The van der Waals surface area contributed by atoms with Crippen LogP contribution >= 0.6 is 0 Å². The largest absolute Gasteiger partial charge is 0.310 e. The standard InChI is InChI=1S/C20H33N/c1-4-13-21-20(15-18-9-7-5-6-8-10-18)19-14-16(2)11-12-17(19)3/h11-12,14,18,20-21H,4-10,13,15H2,1-3H3. The van der Waals surface area contributed by atoms with Crippen molar-refractivity contribution in [3.05, 3.63) is 34.9 Å². The molecular formula is C20H33N. The van der Waals surface area contributed by atoms with E-state index in [2.05, 4.69) is 44.3 Å². The Kier molecular flexibility index (Phi) is 6.76. The molecule has 1 nitrogen and oxygen atoms in total. The maximum Gasteiger partial charge on any atom is 0.0325 e. The Balaban J connectivity index is 2.10. The molecule has 0 aliphatic heterocycles. The van der Waals surface area contributed by atoms with Crippen LogP contribution in [0.15, 0.2) is 18.2 Å². The molecule has 1 heteroatoms. The third kappa shape index (κ3) is 5.14. The first-order chi connectivity index (χ1) is 10.2. The monoisotopic (exact) mass is 287 g/mol. The highest BCUT2D eigenvalue weighted by Gasteiger charge is 2.20. The van der Waals surface area contributed by atoms with Gasteiger partial charge in [0.2, 0.25) is 0 Å². The molecule has 1 N–H and O–H groups in total. The predicted molar refractivity (Wildman–Crippen MR) is 92.8 cm³/mol. The van der Waals surface area contributed by atoms with Crippen molar-refractivity contribution in [2.75, 3.05) is 6.54 Å². The first kappa shape index (κ1) is 16.5. The molecule has 2 rings (SSSR count). The normalized spacial score (nSPS) is 18.4. The van der Waals surface area contributed by atoms with Crippen molar-refractivity contribution in [3.63, 3.8) is 0 Å². The molecule has 0 radical (unpaired) electrons. The second-order valence-electron chi connectivity index (χ2n) is 6.96. The van der Waals surface area contributed by atoms with Crippen molar-refractivity contribution in [2.24, 2.45) is 5.92 Å². The lowest BCUT2D eigenvalue weighted by Gasteiger charge is -2.26. The van der Waals surface area contributed by atoms with Gasteiger partial charge in [0, 0.05) is 6.04 Å². The van der Waals surface area contributed by atoms with Crippen LogP contribution < -0.4 is 5.32 Å². The lowest BCUT2D eigenvalue weighted by Crippen LogP contribution is -2.25. The molecule has 0 amide bonds. The number of aryl methyl sites for hydroxylation is 2. The maximum absolute atomic E-state index is 3.82. The van der Waals surface area contributed by atoms with Crippen LogP contribution in [0, 0.1) is 19.8 Å². The fraction of sp³-hybridized carbons (Fsp3) is 0.700. The minimum Gasteiger partial charge on any atom is -0.310 e. The molecule has 21 heavy (non-hydrogen) atoms. The Bertz CT molecular complexity index is 416. The van der Waals surface area contributed by atoms with Gasteiger partial charge in [-0.25, -0.2) is 0 Å². The zero-order valence-electron chi connectivity index (χ0n) is 14.3. The van der Waals surface area contributed by atoms with E-state index in [1.807, 2.05) is 0 Å². The van der Waals surface area contributed by atoms with E-state index in [9.17, 15) is 0 Å². The van der Waals surface area contributed by atoms with Crippen LogP contribution in [0.5, 0.6) is 0 Å². The van der Waals surface area contributed by atoms with Gasteiger partial charge in [0.25, 0.3) is 0 Å². The average Bonchev–Trinajstić information content (AvgIpc) is 2.75. The average molecular weight is 287 g/mol. The minimum atomic E-state index is 0.549. The van der Waals surface area contributed by atoms with E-state index in [-0.39, 0.29) is 0 Å². The number of hydrogen-bond acceptors (Lipinski definition) is 1. The molecule has 0 aromatic heterocycles. The number of hydrogen-bond donors (Lipinski definition) is 1. The third-order valence-electron chi connectivity index (χ3n) is 4.99. The quantitative estimate of drug-likeness (QED) is 0.661. The molecule has 1 aliphatic rings. The molecule has 1 aliphatic carbocycles. The van der Waals surface area contributed by atoms with Gasteiger partial charge in [-0.15, -0.1) is 0 Å². The lowest BCUT2D eigenvalue weighted by atomic mass is 9.87. The molecule has 1 aromatic rings. The van der Waals surface area contributed by atoms with Crippen molar-refractivity contribution in [1.82, 2.24) is 5.32 Å². The molecule has 0 spiro atoms. The van der Waals surface area contributed by atoms with Crippen LogP contribution in [0.4, 0.5) is 0 Å². The van der Waals surface area contributed by atoms with Crippen molar-refractivity contribution < 1.29 is 0 Å². The summed E-state index contributed by atoms with van der Waals surface area (Å²) in [6, 6.07) is 7.48. The summed E-state index contributed by atoms with van der Waals surface area (Å²) in [5.41, 5.74) is 4.37. The Labute approximate surface area is 131 Å². The van der Waals surface area contributed by atoms with Crippen molar-refractivity contribution in [2.45, 2.75) is 78.2 Å². The van der Waals surface area contributed by atoms with Crippen LogP contribution in [0.25, 0.3) is 0 Å². The van der Waals surface area contributed by atoms with Gasteiger partial charge in [0.05, 0.1) is 0 Å². The molecule has 1 saturated carbocycles. The predicted octanol–water partition coefficient (Wildman–Crippen LogP) is 5.70. The van der Waals surface area contributed by atoms with Gasteiger partial charge in [0.1, 0.15) is 0 Å². The lowest BCUT2D eigenvalue weighted by molar-refractivity contribution is 0.355. The van der Waals surface area contributed by atoms with Gasteiger partial charge in [-0.1, -0.05) is 69.2 Å². The van der Waals surface area contributed by atoms with Gasteiger partial charge in [-0.05, 0) is 50.3 Å². The number of rotatable bonds is 6. The molecule has 1 unspecified atom stereocenters. The molecule has 118 valence electrons. The summed E-state index contributed by atoms with van der Waals surface area (Å²) in [7, 11) is 0. The molecule has 0 heterocycles. The summed E-state index contributed by atoms with van der Waals surface area (Å²) in [5, 5.41) is 3.82. The fourth-order valence-electron chi connectivity index (χ4n) is 3.71. The summed E-state index contributed by atoms with van der Waals surface area (Å²) in [5.74, 6) is 0.918. The van der Waals surface area contributed by atoms with E-state index >= 15 is 0 Å². The Morgan fingerprint density at radius 1 is 1.10 bits per heavy atom. The van der Waals surface area contributed by atoms with Gasteiger partial charge in [-0.3, -0.25) is 0 Å². The van der Waals surface area contributed by atoms with Gasteiger partial charge in [0.15, 0.2) is 0 Å². The van der Waals surface area contributed by atoms with Crippen LogP contribution in [-0.4, -0.2) is 6.54 Å². The second kappa shape index (κ2) is 8.58. The summed E-state index contributed by atoms with van der Waals surface area (Å²) < 4.78 is 0. The van der Waals surface area contributed by atoms with Crippen LogP contribution in [0.3, 0.4) is 0 Å². The van der Waals surface area contributed by atoms with Crippen molar-refractivity contribution >= 4 is 0 Å². The summed E-state index contributed by atoms with van der Waals surface area (Å²) in [6.07, 6.45) is 11.2. The highest BCUT2D eigenvalue weighted by Crippen LogP contribution is 2.32. The fourth-order valence-corrected chi connectivity index (χ4v) is 3.71. The van der Waals surface area contributed by atoms with Gasteiger partial charge < -0.3 is 5.32 Å². The van der Waals surface area contributed by atoms with Crippen LogP contribution in [0.1, 0.15) is 81.0 Å². The highest BCUT2D eigenvalue weighted by atomic mass is 14.9. The van der Waals surface area contributed by atoms with E-state index in [1.165, 1.54) is 68.1 Å². The van der Waals surface area contributed by atoms with E-state index in [1.54, 1.807) is 0 Å². The van der Waals surface area contributed by atoms with Crippen LogP contribution in [0.2, 0.25) is 0 Å². The number of benzene rings is 1. The third-order valence-corrected chi connectivity index (χ3v) is 4.99. The molecule has 1 aromatic carbocycles. The van der Waals surface area contributed by atoms with Gasteiger partial charge in [-0.2, -0.15) is 0 Å². The molecule has 1 fully saturated rings. The number of nitrogens with one attached hydrogen (secondary N) is 1. The SMILES string of the molecule is CCCNC(CC1CCCCCC1)c1cc(C)ccc1C. The Morgan fingerprint density at radius 3 is 2.48 bits per heavy atom. The summed E-state index contributed by atoms with van der Waals surface area (Å²) >= 11 is 0. The Hall–Kier alpha value is -0.820. The van der Waals surface area contributed by atoms with E-state index in [0.717, 1.165) is 12.5 Å². The summed E-state index contributed by atoms with van der Waals surface area (Å²) in [6.45, 7) is 7.87. The molecule has 0 saturated heterocycles. The van der Waals surface area contributed by atoms with Crippen molar-refractivity contribution in [1.29, 1.82) is 0 Å². The van der Waals surface area contributed by atoms with Gasteiger partial charge >= 0.3 is 0 Å². The van der Waals surface area contributed by atoms with E-state index in [0.29, 0.717) is 6.04 Å². The first-order valence-corrected chi connectivity index (χ1v) is 9.01.